The molecule has 2 aliphatic carbocycles. The molecule has 2 aliphatic rings. The second kappa shape index (κ2) is 5.92. The molecule has 1 heterocycles. The van der Waals surface area contributed by atoms with E-state index in [1.165, 1.54) is 12.8 Å². The lowest BCUT2D eigenvalue weighted by Gasteiger charge is -2.13. The third-order valence-electron chi connectivity index (χ3n) is 5.33. The predicted octanol–water partition coefficient (Wildman–Crippen LogP) is 3.60. The van der Waals surface area contributed by atoms with Crippen molar-refractivity contribution < 1.29 is 8.42 Å². The minimum atomic E-state index is -3.37. The molecular weight excluding hydrogens is 322 g/mol. The SMILES string of the molecule is Cc1c(NS(=O)(=O)C2CC2c2ccccc2)cnn1C1CCCC1. The monoisotopic (exact) mass is 345 g/mol. The van der Waals surface area contributed by atoms with Gasteiger partial charge in [-0.15, -0.1) is 0 Å². The Hall–Kier alpha value is -1.82. The summed E-state index contributed by atoms with van der Waals surface area (Å²) in [6, 6.07) is 10.3. The third kappa shape index (κ3) is 2.83. The van der Waals surface area contributed by atoms with Gasteiger partial charge in [0.25, 0.3) is 0 Å². The topological polar surface area (TPSA) is 64.0 Å². The van der Waals surface area contributed by atoms with Gasteiger partial charge in [-0.2, -0.15) is 5.10 Å². The molecule has 0 bridgehead atoms. The van der Waals surface area contributed by atoms with E-state index in [9.17, 15) is 8.42 Å². The minimum Gasteiger partial charge on any atom is -0.280 e. The largest absolute Gasteiger partial charge is 0.280 e. The van der Waals surface area contributed by atoms with Gasteiger partial charge in [0.1, 0.15) is 0 Å². The average molecular weight is 345 g/mol. The summed E-state index contributed by atoms with van der Waals surface area (Å²) in [7, 11) is -3.37. The first kappa shape index (κ1) is 15.7. The van der Waals surface area contributed by atoms with Gasteiger partial charge in [-0.3, -0.25) is 9.40 Å². The summed E-state index contributed by atoms with van der Waals surface area (Å²) in [5.41, 5.74) is 2.65. The minimum absolute atomic E-state index is 0.105. The number of nitrogens with one attached hydrogen (secondary N) is 1. The molecule has 0 radical (unpaired) electrons. The molecule has 2 atom stereocenters. The first-order valence-electron chi connectivity index (χ1n) is 8.67. The molecular formula is C18H23N3O2S. The lowest BCUT2D eigenvalue weighted by molar-refractivity contribution is 0.457. The summed E-state index contributed by atoms with van der Waals surface area (Å²) in [5.74, 6) is 0.105. The predicted molar refractivity (Wildman–Crippen MR) is 94.6 cm³/mol. The van der Waals surface area contributed by atoms with Gasteiger partial charge >= 0.3 is 0 Å². The highest BCUT2D eigenvalue weighted by molar-refractivity contribution is 7.93. The molecule has 0 saturated heterocycles. The van der Waals surface area contributed by atoms with Crippen LogP contribution in [0.4, 0.5) is 5.69 Å². The number of anilines is 1. The van der Waals surface area contributed by atoms with Crippen molar-refractivity contribution >= 4 is 15.7 Å². The van der Waals surface area contributed by atoms with Crippen molar-refractivity contribution in [2.45, 2.75) is 56.2 Å². The molecule has 0 amide bonds. The number of hydrogen-bond acceptors (Lipinski definition) is 3. The summed E-state index contributed by atoms with van der Waals surface area (Å²) < 4.78 is 30.1. The van der Waals surface area contributed by atoms with Crippen molar-refractivity contribution in [2.24, 2.45) is 0 Å². The molecule has 2 unspecified atom stereocenters. The Morgan fingerprint density at radius 2 is 1.88 bits per heavy atom. The quantitative estimate of drug-likeness (QED) is 0.900. The van der Waals surface area contributed by atoms with E-state index >= 15 is 0 Å². The molecule has 6 heteroatoms. The van der Waals surface area contributed by atoms with Crippen LogP contribution in [0.1, 0.15) is 55.3 Å². The van der Waals surface area contributed by atoms with Crippen molar-refractivity contribution in [3.63, 3.8) is 0 Å². The Kier molecular flexibility index (Phi) is 3.87. The highest BCUT2D eigenvalue weighted by Gasteiger charge is 2.48. The number of benzene rings is 1. The average Bonchev–Trinajstić information content (AvgIpc) is 3.09. The van der Waals surface area contributed by atoms with Gasteiger partial charge in [-0.25, -0.2) is 8.42 Å². The van der Waals surface area contributed by atoms with E-state index in [0.717, 1.165) is 24.1 Å². The molecule has 24 heavy (non-hydrogen) atoms. The van der Waals surface area contributed by atoms with Crippen LogP contribution in [-0.2, 0) is 10.0 Å². The van der Waals surface area contributed by atoms with E-state index in [0.29, 0.717) is 18.2 Å². The fourth-order valence-corrected chi connectivity index (χ4v) is 5.54. The zero-order valence-electron chi connectivity index (χ0n) is 13.9. The zero-order chi connectivity index (χ0) is 16.7. The molecule has 0 spiro atoms. The molecule has 128 valence electrons. The van der Waals surface area contributed by atoms with E-state index < -0.39 is 10.0 Å². The summed E-state index contributed by atoms with van der Waals surface area (Å²) in [4.78, 5) is 0. The number of aromatic nitrogens is 2. The summed E-state index contributed by atoms with van der Waals surface area (Å²) in [6.07, 6.45) is 7.07. The molecule has 1 aromatic heterocycles. The van der Waals surface area contributed by atoms with Crippen molar-refractivity contribution in [2.75, 3.05) is 4.72 Å². The van der Waals surface area contributed by atoms with Crippen LogP contribution in [-0.4, -0.2) is 23.4 Å². The molecule has 2 aromatic rings. The van der Waals surface area contributed by atoms with E-state index in [1.807, 2.05) is 41.9 Å². The third-order valence-corrected chi connectivity index (χ3v) is 7.15. The van der Waals surface area contributed by atoms with Crippen molar-refractivity contribution in [3.05, 3.63) is 47.8 Å². The fourth-order valence-electron chi connectivity index (χ4n) is 3.84. The van der Waals surface area contributed by atoms with Crippen LogP contribution >= 0.6 is 0 Å². The Morgan fingerprint density at radius 3 is 2.58 bits per heavy atom. The summed E-state index contributed by atoms with van der Waals surface area (Å²) in [5, 5.41) is 4.09. The maximum Gasteiger partial charge on any atom is 0.236 e. The lowest BCUT2D eigenvalue weighted by Crippen LogP contribution is -2.19. The standard InChI is InChI=1S/C18H23N3O2S/c1-13-17(12-19-21(13)15-9-5-6-10-15)20-24(22,23)18-11-16(18)14-7-3-2-4-8-14/h2-4,7-8,12,15-16,18,20H,5-6,9-11H2,1H3. The van der Waals surface area contributed by atoms with Crippen LogP contribution in [0.3, 0.4) is 0 Å². The van der Waals surface area contributed by atoms with Gasteiger partial charge in [-0.1, -0.05) is 43.2 Å². The van der Waals surface area contributed by atoms with Crippen LogP contribution in [0.5, 0.6) is 0 Å². The van der Waals surface area contributed by atoms with Crippen LogP contribution < -0.4 is 4.72 Å². The normalized spacial score (nSPS) is 24.2. The fraction of sp³-hybridized carbons (Fsp3) is 0.500. The van der Waals surface area contributed by atoms with Gasteiger partial charge in [0.2, 0.25) is 10.0 Å². The van der Waals surface area contributed by atoms with E-state index in [4.69, 9.17) is 0 Å². The van der Waals surface area contributed by atoms with E-state index in [2.05, 4.69) is 9.82 Å². The molecule has 2 fully saturated rings. The van der Waals surface area contributed by atoms with Gasteiger partial charge in [-0.05, 0) is 31.7 Å². The number of hydrogen-bond donors (Lipinski definition) is 1. The second-order valence-electron chi connectivity index (χ2n) is 6.96. The molecule has 4 rings (SSSR count). The van der Waals surface area contributed by atoms with E-state index in [-0.39, 0.29) is 11.2 Å². The number of sulfonamides is 1. The van der Waals surface area contributed by atoms with Gasteiger partial charge in [0.15, 0.2) is 0 Å². The maximum atomic E-state index is 12.7. The first-order chi connectivity index (χ1) is 11.6. The molecule has 2 saturated carbocycles. The molecule has 5 nitrogen and oxygen atoms in total. The van der Waals surface area contributed by atoms with Crippen LogP contribution in [0.2, 0.25) is 0 Å². The van der Waals surface area contributed by atoms with Gasteiger partial charge in [0.05, 0.1) is 28.9 Å². The highest BCUT2D eigenvalue weighted by Crippen LogP contribution is 2.46. The van der Waals surface area contributed by atoms with Crippen molar-refractivity contribution in [3.8, 4) is 0 Å². The Labute approximate surface area is 143 Å². The summed E-state index contributed by atoms with van der Waals surface area (Å²) in [6.45, 7) is 1.95. The summed E-state index contributed by atoms with van der Waals surface area (Å²) >= 11 is 0. The lowest BCUT2D eigenvalue weighted by atomic mass is 10.1. The smallest absolute Gasteiger partial charge is 0.236 e. The molecule has 1 N–H and O–H groups in total. The Balaban J connectivity index is 1.49. The maximum absolute atomic E-state index is 12.7. The number of rotatable bonds is 5. The van der Waals surface area contributed by atoms with Gasteiger partial charge < -0.3 is 0 Å². The Bertz CT molecular complexity index is 823. The molecule has 1 aromatic carbocycles. The highest BCUT2D eigenvalue weighted by atomic mass is 32.2. The van der Waals surface area contributed by atoms with E-state index in [1.54, 1.807) is 6.20 Å². The van der Waals surface area contributed by atoms with Crippen molar-refractivity contribution in [1.29, 1.82) is 0 Å². The van der Waals surface area contributed by atoms with Crippen LogP contribution in [0.15, 0.2) is 36.5 Å². The van der Waals surface area contributed by atoms with Gasteiger partial charge in [0, 0.05) is 5.92 Å². The van der Waals surface area contributed by atoms with Crippen molar-refractivity contribution in [1.82, 2.24) is 9.78 Å². The molecule has 0 aliphatic heterocycles. The van der Waals surface area contributed by atoms with Crippen LogP contribution in [0.25, 0.3) is 0 Å². The zero-order valence-corrected chi connectivity index (χ0v) is 14.7. The van der Waals surface area contributed by atoms with Crippen LogP contribution in [0, 0.1) is 6.92 Å². The first-order valence-corrected chi connectivity index (χ1v) is 10.2. The number of nitrogens with zero attached hydrogens (tertiary/aromatic N) is 2. The second-order valence-corrected chi connectivity index (χ2v) is 8.86. The Morgan fingerprint density at radius 1 is 1.17 bits per heavy atom.